The van der Waals surface area contributed by atoms with Gasteiger partial charge in [-0.25, -0.2) is 4.39 Å². The summed E-state index contributed by atoms with van der Waals surface area (Å²) >= 11 is 0. The Morgan fingerprint density at radius 2 is 2.06 bits per heavy atom. The van der Waals surface area contributed by atoms with Gasteiger partial charge in [0.05, 0.1) is 18.8 Å². The van der Waals surface area contributed by atoms with E-state index in [1.165, 1.54) is 17.0 Å². The molecule has 0 saturated heterocycles. The fraction of sp³-hybridized carbons (Fsp3) is 0.348. The molecule has 2 heterocycles. The van der Waals surface area contributed by atoms with Crippen molar-refractivity contribution in [2.45, 2.75) is 39.8 Å². The van der Waals surface area contributed by atoms with E-state index in [2.05, 4.69) is 10.5 Å². The van der Waals surface area contributed by atoms with Crippen LogP contribution in [0.1, 0.15) is 43.4 Å². The fourth-order valence-corrected chi connectivity index (χ4v) is 4.09. The summed E-state index contributed by atoms with van der Waals surface area (Å²) in [6.07, 6.45) is 1.43. The first-order valence-corrected chi connectivity index (χ1v) is 10.5. The zero-order valence-electron chi connectivity index (χ0n) is 17.9. The Balaban J connectivity index is 1.66. The predicted molar refractivity (Wildman–Crippen MR) is 115 cm³/mol. The number of nitrogens with one attached hydrogen (secondary N) is 1. The number of oxime groups is 1. The molecule has 2 aromatic rings. The van der Waals surface area contributed by atoms with Gasteiger partial charge >= 0.3 is 0 Å². The van der Waals surface area contributed by atoms with Crippen LogP contribution in [-0.4, -0.2) is 29.5 Å². The molecule has 2 aromatic carbocycles. The molecule has 32 heavy (non-hydrogen) atoms. The van der Waals surface area contributed by atoms with Crippen LogP contribution in [0, 0.1) is 11.7 Å². The number of halogens is 1. The third-order valence-corrected chi connectivity index (χ3v) is 5.79. The molecule has 2 N–H and O–H groups in total. The summed E-state index contributed by atoms with van der Waals surface area (Å²) in [7, 11) is 0. The topological polar surface area (TPSA) is 100 Å². The van der Waals surface area contributed by atoms with Crippen LogP contribution in [0.3, 0.4) is 0 Å². The highest BCUT2D eigenvalue weighted by Gasteiger charge is 2.36. The molecule has 0 saturated carbocycles. The maximum atomic E-state index is 14.1. The second kappa shape index (κ2) is 8.96. The minimum atomic E-state index is -0.531. The number of amides is 2. The van der Waals surface area contributed by atoms with Crippen LogP contribution in [0.15, 0.2) is 35.5 Å². The lowest BCUT2D eigenvalue weighted by molar-refractivity contribution is -0.120. The van der Waals surface area contributed by atoms with E-state index in [1.54, 1.807) is 18.2 Å². The molecule has 0 bridgehead atoms. The maximum absolute atomic E-state index is 14.1. The van der Waals surface area contributed by atoms with Crippen molar-refractivity contribution in [1.29, 1.82) is 0 Å². The molecule has 168 valence electrons. The van der Waals surface area contributed by atoms with Crippen LogP contribution in [0.4, 0.5) is 15.8 Å². The number of anilines is 2. The van der Waals surface area contributed by atoms with Gasteiger partial charge < -0.3 is 24.9 Å². The molecular weight excluding hydrogens is 417 g/mol. The van der Waals surface area contributed by atoms with Gasteiger partial charge in [-0.3, -0.25) is 9.59 Å². The number of benzene rings is 2. The number of carbonyl (C=O) groups excluding carboxylic acids is 2. The van der Waals surface area contributed by atoms with Crippen molar-refractivity contribution in [3.63, 3.8) is 0 Å². The molecule has 0 aromatic heterocycles. The maximum Gasteiger partial charge on any atom is 0.281 e. The van der Waals surface area contributed by atoms with Gasteiger partial charge in [-0.2, -0.15) is 0 Å². The molecule has 2 aliphatic heterocycles. The van der Waals surface area contributed by atoms with Gasteiger partial charge in [0.2, 0.25) is 5.91 Å². The van der Waals surface area contributed by atoms with Gasteiger partial charge in [-0.15, -0.1) is 0 Å². The lowest BCUT2D eigenvalue weighted by Gasteiger charge is -2.24. The minimum absolute atomic E-state index is 0.0182. The van der Waals surface area contributed by atoms with Crippen molar-refractivity contribution in [2.24, 2.45) is 11.1 Å². The largest absolute Gasteiger partial charge is 0.467 e. The number of nitrogens with zero attached hydrogens (tertiary/aromatic N) is 2. The summed E-state index contributed by atoms with van der Waals surface area (Å²) in [5.41, 5.74) is 2.28. The molecule has 9 heteroatoms. The van der Waals surface area contributed by atoms with E-state index in [0.29, 0.717) is 46.7 Å². The number of rotatable bonds is 6. The highest BCUT2D eigenvalue weighted by atomic mass is 19.1. The van der Waals surface area contributed by atoms with Gasteiger partial charge in [0.15, 0.2) is 12.5 Å². The predicted octanol–water partition coefficient (Wildman–Crippen LogP) is 3.79. The molecule has 4 rings (SSSR count). The molecule has 8 nitrogen and oxygen atoms in total. The Kier molecular flexibility index (Phi) is 6.09. The van der Waals surface area contributed by atoms with Crippen molar-refractivity contribution < 1.29 is 28.7 Å². The summed E-state index contributed by atoms with van der Waals surface area (Å²) in [4.78, 5) is 26.8. The van der Waals surface area contributed by atoms with Crippen LogP contribution >= 0.6 is 0 Å². The normalized spacial score (nSPS) is 16.2. The molecule has 0 radical (unpaired) electrons. The lowest BCUT2D eigenvalue weighted by atomic mass is 10.0. The van der Waals surface area contributed by atoms with Crippen LogP contribution in [-0.2, 0) is 27.5 Å². The first-order valence-electron chi connectivity index (χ1n) is 10.5. The number of hydrogen-bond acceptors (Lipinski definition) is 6. The Morgan fingerprint density at radius 1 is 1.28 bits per heavy atom. The van der Waals surface area contributed by atoms with Crippen molar-refractivity contribution in [3.8, 4) is 5.75 Å². The van der Waals surface area contributed by atoms with Crippen LogP contribution in [0.2, 0.25) is 0 Å². The zero-order chi connectivity index (χ0) is 22.8. The first-order chi connectivity index (χ1) is 15.5. The van der Waals surface area contributed by atoms with Gasteiger partial charge in [0.1, 0.15) is 11.6 Å². The summed E-state index contributed by atoms with van der Waals surface area (Å²) < 4.78 is 24.9. The fourth-order valence-electron chi connectivity index (χ4n) is 4.09. The molecule has 0 spiro atoms. The third kappa shape index (κ3) is 3.91. The highest BCUT2D eigenvalue weighted by molar-refractivity contribution is 6.54. The van der Waals surface area contributed by atoms with Gasteiger partial charge in [-0.05, 0) is 43.2 Å². The Morgan fingerprint density at radius 3 is 2.78 bits per heavy atom. The molecule has 0 aliphatic carbocycles. The third-order valence-electron chi connectivity index (χ3n) is 5.79. The van der Waals surface area contributed by atoms with E-state index < -0.39 is 11.7 Å². The molecular formula is C23H24FN3O5. The monoisotopic (exact) mass is 441 g/mol. The smallest absolute Gasteiger partial charge is 0.281 e. The Labute approximate surface area is 184 Å². The van der Waals surface area contributed by atoms with Gasteiger partial charge in [0, 0.05) is 28.3 Å². The lowest BCUT2D eigenvalue weighted by Crippen LogP contribution is -2.30. The summed E-state index contributed by atoms with van der Waals surface area (Å²) in [6.45, 7) is 4.17. The average molecular weight is 441 g/mol. The first kappa shape index (κ1) is 21.8. The number of hydrogen-bond donors (Lipinski definition) is 2. The zero-order valence-corrected chi connectivity index (χ0v) is 17.9. The van der Waals surface area contributed by atoms with Crippen molar-refractivity contribution in [3.05, 3.63) is 52.8 Å². The molecule has 0 fully saturated rings. The van der Waals surface area contributed by atoms with E-state index in [0.717, 1.165) is 0 Å². The Hall–Kier alpha value is -3.46. The van der Waals surface area contributed by atoms with Crippen LogP contribution in [0.5, 0.6) is 5.75 Å². The quantitative estimate of drug-likeness (QED) is 0.525. The molecule has 0 unspecified atom stereocenters. The van der Waals surface area contributed by atoms with Crippen molar-refractivity contribution >= 4 is 28.9 Å². The summed E-state index contributed by atoms with van der Waals surface area (Å²) in [6, 6.07) is 7.62. The second-order valence-corrected chi connectivity index (χ2v) is 7.74. The van der Waals surface area contributed by atoms with E-state index >= 15 is 0 Å². The molecule has 2 aliphatic rings. The molecule has 0 atom stereocenters. The molecule has 2 amide bonds. The van der Waals surface area contributed by atoms with Gasteiger partial charge in [-0.1, -0.05) is 19.0 Å². The van der Waals surface area contributed by atoms with Gasteiger partial charge in [0.25, 0.3) is 5.91 Å². The average Bonchev–Trinajstić information content (AvgIpc) is 3.04. The summed E-state index contributed by atoms with van der Waals surface area (Å²) in [5, 5.41) is 15.5. The summed E-state index contributed by atoms with van der Waals surface area (Å²) in [5.74, 6) is -0.735. The highest BCUT2D eigenvalue weighted by Crippen LogP contribution is 2.36. The van der Waals surface area contributed by atoms with E-state index in [1.807, 2.05) is 13.8 Å². The van der Waals surface area contributed by atoms with E-state index in [9.17, 15) is 19.2 Å². The SMILES string of the molecule is CCC(CC)C(=O)Nc1ccc2c(c1)/C(=N/O)C(=O)N2Cc1cc(F)cc2c1OCOC2. The van der Waals surface area contributed by atoms with E-state index in [-0.39, 0.29) is 37.5 Å². The van der Waals surface area contributed by atoms with Crippen molar-refractivity contribution in [1.82, 2.24) is 0 Å². The Bertz CT molecular complexity index is 1100. The standard InChI is InChI=1S/C23H24FN3O5/c1-3-13(4-2)22(28)25-17-5-6-19-18(9-17)20(26-30)23(29)27(19)10-14-7-16(24)8-15-11-31-12-32-21(14)15/h5-9,13,30H,3-4,10-12H2,1-2H3,(H,25,28)/b26-20-. The number of fused-ring (bicyclic) bond motifs is 2. The second-order valence-electron chi connectivity index (χ2n) is 7.74. The van der Waals surface area contributed by atoms with Crippen molar-refractivity contribution in [2.75, 3.05) is 17.0 Å². The van der Waals surface area contributed by atoms with Crippen LogP contribution < -0.4 is 15.0 Å². The van der Waals surface area contributed by atoms with E-state index in [4.69, 9.17) is 9.47 Å². The number of ether oxygens (including phenoxy) is 2. The minimum Gasteiger partial charge on any atom is -0.467 e. The number of carbonyl (C=O) groups is 2. The van der Waals surface area contributed by atoms with Crippen LogP contribution in [0.25, 0.3) is 0 Å².